The summed E-state index contributed by atoms with van der Waals surface area (Å²) in [7, 11) is 0.771. The van der Waals surface area contributed by atoms with Crippen LogP contribution in [-0.2, 0) is 9.84 Å². The van der Waals surface area contributed by atoms with Crippen LogP contribution >= 0.6 is 11.3 Å². The number of thiazole rings is 1. The van der Waals surface area contributed by atoms with E-state index in [9.17, 15) is 13.2 Å². The van der Waals surface area contributed by atoms with E-state index in [2.05, 4.69) is 4.98 Å². The highest BCUT2D eigenvalue weighted by Gasteiger charge is 2.22. The number of carbonyl (C=O) groups excluding carboxylic acids is 1. The lowest BCUT2D eigenvalue weighted by Crippen LogP contribution is -3.06. The van der Waals surface area contributed by atoms with Crippen LogP contribution in [0.2, 0.25) is 0 Å². The van der Waals surface area contributed by atoms with Crippen molar-refractivity contribution in [1.82, 2.24) is 4.98 Å². The topological polar surface area (TPSA) is 71.8 Å². The lowest BCUT2D eigenvalue weighted by atomic mass is 10.1. The molecule has 0 radical (unpaired) electrons. The van der Waals surface area contributed by atoms with E-state index in [0.717, 1.165) is 16.8 Å². The van der Waals surface area contributed by atoms with E-state index in [1.807, 2.05) is 45.3 Å². The smallest absolute Gasteiger partial charge is 0.260 e. The Hall–Kier alpha value is -2.29. The first-order valence-electron chi connectivity index (χ1n) is 8.93. The Morgan fingerprint density at radius 3 is 2.43 bits per heavy atom. The van der Waals surface area contributed by atoms with Gasteiger partial charge in [0.2, 0.25) is 0 Å². The van der Waals surface area contributed by atoms with Crippen molar-refractivity contribution in [2.24, 2.45) is 0 Å². The van der Waals surface area contributed by atoms with Crippen LogP contribution in [0, 0.1) is 6.92 Å². The fraction of sp³-hybridized carbons (Fsp3) is 0.300. The molecule has 1 aromatic heterocycles. The molecule has 0 fully saturated rings. The first-order chi connectivity index (χ1) is 13.1. The summed E-state index contributed by atoms with van der Waals surface area (Å²) in [6.07, 6.45) is 1.18. The standard InChI is InChI=1S/C20H23N3O3S2/c1-14-5-7-15(8-6-14)19(24)23(12-11-22(2)3)20-21-17-10-9-16(28(4,25)26)13-18(17)27-20/h5-10,13H,11-12H2,1-4H3/p+1. The summed E-state index contributed by atoms with van der Waals surface area (Å²) in [6.45, 7) is 3.27. The Bertz CT molecular complexity index is 1100. The third-order valence-corrected chi connectivity index (χ3v) is 6.54. The summed E-state index contributed by atoms with van der Waals surface area (Å²) in [4.78, 5) is 20.9. The molecule has 2 aromatic carbocycles. The zero-order valence-electron chi connectivity index (χ0n) is 16.4. The lowest BCUT2D eigenvalue weighted by Gasteiger charge is -2.20. The zero-order chi connectivity index (χ0) is 20.5. The largest absolute Gasteiger partial charge is 0.338 e. The molecule has 0 bridgehead atoms. The molecule has 28 heavy (non-hydrogen) atoms. The molecule has 0 aliphatic carbocycles. The van der Waals surface area contributed by atoms with Crippen molar-refractivity contribution in [3.05, 3.63) is 53.6 Å². The van der Waals surface area contributed by atoms with Crippen LogP contribution in [0.25, 0.3) is 10.2 Å². The average molecular weight is 419 g/mol. The van der Waals surface area contributed by atoms with Crippen molar-refractivity contribution in [1.29, 1.82) is 0 Å². The van der Waals surface area contributed by atoms with E-state index in [1.54, 1.807) is 23.1 Å². The highest BCUT2D eigenvalue weighted by Crippen LogP contribution is 2.31. The van der Waals surface area contributed by atoms with E-state index >= 15 is 0 Å². The molecule has 1 heterocycles. The molecule has 0 spiro atoms. The molecule has 0 aliphatic heterocycles. The number of fused-ring (bicyclic) bond motifs is 1. The first kappa shape index (κ1) is 20.4. The maximum absolute atomic E-state index is 13.2. The third kappa shape index (κ3) is 4.57. The van der Waals surface area contributed by atoms with E-state index in [1.165, 1.54) is 22.5 Å². The van der Waals surface area contributed by atoms with Gasteiger partial charge in [-0.25, -0.2) is 13.4 Å². The van der Waals surface area contributed by atoms with Gasteiger partial charge in [-0.05, 0) is 37.3 Å². The number of amides is 1. The Morgan fingerprint density at radius 2 is 1.82 bits per heavy atom. The van der Waals surface area contributed by atoms with E-state index in [0.29, 0.717) is 22.8 Å². The second-order valence-corrected chi connectivity index (χ2v) is 10.2. The number of nitrogens with zero attached hydrogens (tertiary/aromatic N) is 2. The molecule has 0 saturated heterocycles. The average Bonchev–Trinajstić information content (AvgIpc) is 3.04. The SMILES string of the molecule is Cc1ccc(C(=O)N(CC[NH+](C)C)c2nc3ccc(S(C)(=O)=O)cc3s2)cc1. The number of quaternary nitrogens is 1. The highest BCUT2D eigenvalue weighted by atomic mass is 32.2. The van der Waals surface area contributed by atoms with Crippen LogP contribution in [0.5, 0.6) is 0 Å². The summed E-state index contributed by atoms with van der Waals surface area (Å²) in [5, 5.41) is 0.576. The van der Waals surface area contributed by atoms with E-state index in [4.69, 9.17) is 0 Å². The molecule has 3 aromatic rings. The number of carbonyl (C=O) groups is 1. The monoisotopic (exact) mass is 418 g/mol. The van der Waals surface area contributed by atoms with Gasteiger partial charge in [-0.15, -0.1) is 0 Å². The summed E-state index contributed by atoms with van der Waals surface area (Å²) >= 11 is 1.33. The molecule has 6 nitrogen and oxygen atoms in total. The number of likely N-dealkylation sites (N-methyl/N-ethyl adjacent to an activating group) is 1. The van der Waals surface area contributed by atoms with Crippen LogP contribution in [0.4, 0.5) is 5.13 Å². The minimum absolute atomic E-state index is 0.108. The number of sulfone groups is 1. The summed E-state index contributed by atoms with van der Waals surface area (Å²) in [5.74, 6) is -0.108. The zero-order valence-corrected chi connectivity index (χ0v) is 18.0. The maximum Gasteiger partial charge on any atom is 0.260 e. The van der Waals surface area contributed by atoms with Crippen molar-refractivity contribution in [2.45, 2.75) is 11.8 Å². The molecular weight excluding hydrogens is 394 g/mol. The van der Waals surface area contributed by atoms with Gasteiger partial charge in [0.1, 0.15) is 0 Å². The molecule has 0 unspecified atom stereocenters. The lowest BCUT2D eigenvalue weighted by molar-refractivity contribution is -0.856. The second-order valence-electron chi connectivity index (χ2n) is 7.18. The summed E-state index contributed by atoms with van der Waals surface area (Å²) in [6, 6.07) is 12.3. The first-order valence-corrected chi connectivity index (χ1v) is 11.6. The van der Waals surface area contributed by atoms with Crippen LogP contribution < -0.4 is 9.80 Å². The molecule has 1 amide bonds. The third-order valence-electron chi connectivity index (χ3n) is 4.39. The molecule has 8 heteroatoms. The minimum atomic E-state index is -3.30. The number of aryl methyl sites for hydroxylation is 1. The van der Waals surface area contributed by atoms with Crippen molar-refractivity contribution in [2.75, 3.05) is 38.3 Å². The molecule has 0 saturated carbocycles. The number of benzene rings is 2. The van der Waals surface area contributed by atoms with Gasteiger partial charge in [0.25, 0.3) is 5.91 Å². The fourth-order valence-corrected chi connectivity index (χ4v) is 4.46. The van der Waals surface area contributed by atoms with Crippen molar-refractivity contribution in [3.63, 3.8) is 0 Å². The molecular formula is C20H24N3O3S2+. The molecule has 3 rings (SSSR count). The quantitative estimate of drug-likeness (QED) is 0.663. The van der Waals surface area contributed by atoms with Crippen LogP contribution in [0.1, 0.15) is 15.9 Å². The Balaban J connectivity index is 2.01. The van der Waals surface area contributed by atoms with E-state index in [-0.39, 0.29) is 10.8 Å². The van der Waals surface area contributed by atoms with Gasteiger partial charge in [-0.2, -0.15) is 0 Å². The number of hydrogen-bond donors (Lipinski definition) is 1. The van der Waals surface area contributed by atoms with Gasteiger partial charge >= 0.3 is 0 Å². The van der Waals surface area contributed by atoms with Crippen molar-refractivity contribution in [3.8, 4) is 0 Å². The Morgan fingerprint density at radius 1 is 1.14 bits per heavy atom. The predicted molar refractivity (Wildman–Crippen MR) is 113 cm³/mol. The predicted octanol–water partition coefficient (Wildman–Crippen LogP) is 1.80. The Kier molecular flexibility index (Phi) is 5.83. The van der Waals surface area contributed by atoms with Crippen LogP contribution in [0.15, 0.2) is 47.4 Å². The number of nitrogens with one attached hydrogen (secondary N) is 1. The second kappa shape index (κ2) is 7.98. The number of rotatable bonds is 6. The molecule has 148 valence electrons. The van der Waals surface area contributed by atoms with Crippen molar-refractivity contribution < 1.29 is 18.1 Å². The maximum atomic E-state index is 13.2. The van der Waals surface area contributed by atoms with E-state index < -0.39 is 9.84 Å². The van der Waals surface area contributed by atoms with Gasteiger partial charge in [0.05, 0.1) is 42.3 Å². The van der Waals surface area contributed by atoms with Crippen LogP contribution in [-0.4, -0.2) is 52.7 Å². The fourth-order valence-electron chi connectivity index (χ4n) is 2.71. The number of anilines is 1. The van der Waals surface area contributed by atoms with Crippen molar-refractivity contribution >= 4 is 42.4 Å². The van der Waals surface area contributed by atoms with Gasteiger partial charge in [-0.3, -0.25) is 9.69 Å². The highest BCUT2D eigenvalue weighted by molar-refractivity contribution is 7.90. The molecule has 0 atom stereocenters. The minimum Gasteiger partial charge on any atom is -0.338 e. The number of hydrogen-bond acceptors (Lipinski definition) is 5. The molecule has 0 aliphatic rings. The summed E-state index contributed by atoms with van der Waals surface area (Å²) < 4.78 is 24.4. The summed E-state index contributed by atoms with van der Waals surface area (Å²) in [5.41, 5.74) is 2.39. The normalized spacial score (nSPS) is 11.9. The number of aromatic nitrogens is 1. The Labute approximate surface area is 169 Å². The van der Waals surface area contributed by atoms with Gasteiger partial charge in [0, 0.05) is 11.8 Å². The van der Waals surface area contributed by atoms with Gasteiger partial charge in [0.15, 0.2) is 15.0 Å². The molecule has 1 N–H and O–H groups in total. The van der Waals surface area contributed by atoms with Gasteiger partial charge < -0.3 is 4.90 Å². The van der Waals surface area contributed by atoms with Gasteiger partial charge in [-0.1, -0.05) is 29.0 Å². The van der Waals surface area contributed by atoms with Crippen LogP contribution in [0.3, 0.4) is 0 Å².